The fourth-order valence-electron chi connectivity index (χ4n) is 3.93. The van der Waals surface area contributed by atoms with Gasteiger partial charge in [-0.15, -0.1) is 0 Å². The van der Waals surface area contributed by atoms with Crippen LogP contribution < -0.4 is 0 Å². The lowest BCUT2D eigenvalue weighted by molar-refractivity contribution is -0.385. The molecule has 5 heteroatoms. The molecule has 160 valence electrons. The standard InChI is InChI=1S/C26H28N2O3/c1-4-22(5-2)27-18-19-16-23(28(30)31)17-24(25(19)29)26(3,20-12-8-6-9-13-20)21-14-10-7-11-15-21/h6-18,22,29H,4-5H2,1-3H3. The quantitative estimate of drug-likeness (QED) is 0.204. The Balaban J connectivity index is 2.30. The van der Waals surface area contributed by atoms with Gasteiger partial charge in [0, 0.05) is 40.9 Å². The number of aliphatic imine (C=N–C) groups is 1. The molecule has 0 amide bonds. The maximum Gasteiger partial charge on any atom is 0.270 e. The largest absolute Gasteiger partial charge is 0.507 e. The molecule has 0 unspecified atom stereocenters. The molecule has 0 saturated heterocycles. The molecule has 0 heterocycles. The molecule has 0 radical (unpaired) electrons. The van der Waals surface area contributed by atoms with Crippen molar-refractivity contribution >= 4 is 11.9 Å². The van der Waals surface area contributed by atoms with Crippen molar-refractivity contribution in [1.82, 2.24) is 0 Å². The Morgan fingerprint density at radius 3 is 1.97 bits per heavy atom. The van der Waals surface area contributed by atoms with Gasteiger partial charge in [-0.2, -0.15) is 0 Å². The fourth-order valence-corrected chi connectivity index (χ4v) is 3.93. The molecule has 0 saturated carbocycles. The van der Waals surface area contributed by atoms with E-state index in [0.29, 0.717) is 11.1 Å². The van der Waals surface area contributed by atoms with Gasteiger partial charge in [0.2, 0.25) is 0 Å². The van der Waals surface area contributed by atoms with Crippen LogP contribution in [0.5, 0.6) is 5.75 Å². The van der Waals surface area contributed by atoms with Gasteiger partial charge in [-0.1, -0.05) is 74.5 Å². The third-order valence-corrected chi connectivity index (χ3v) is 5.94. The Morgan fingerprint density at radius 2 is 1.52 bits per heavy atom. The summed E-state index contributed by atoms with van der Waals surface area (Å²) >= 11 is 0. The molecule has 0 fully saturated rings. The second-order valence-corrected chi connectivity index (χ2v) is 7.79. The molecule has 3 rings (SSSR count). The summed E-state index contributed by atoms with van der Waals surface area (Å²) in [6.07, 6.45) is 3.29. The number of non-ortho nitro benzene ring substituents is 1. The molecule has 0 aromatic heterocycles. The normalized spacial score (nSPS) is 11.9. The van der Waals surface area contributed by atoms with Crippen LogP contribution in [0.15, 0.2) is 77.8 Å². The Kier molecular flexibility index (Phi) is 6.85. The maximum absolute atomic E-state index is 11.7. The third-order valence-electron chi connectivity index (χ3n) is 5.94. The summed E-state index contributed by atoms with van der Waals surface area (Å²) in [6, 6.07) is 22.5. The Hall–Kier alpha value is -3.47. The highest BCUT2D eigenvalue weighted by Gasteiger charge is 2.35. The predicted molar refractivity (Wildman–Crippen MR) is 125 cm³/mol. The summed E-state index contributed by atoms with van der Waals surface area (Å²) < 4.78 is 0. The van der Waals surface area contributed by atoms with Gasteiger partial charge in [0.05, 0.1) is 4.92 Å². The smallest absolute Gasteiger partial charge is 0.270 e. The first-order valence-corrected chi connectivity index (χ1v) is 10.6. The highest BCUT2D eigenvalue weighted by molar-refractivity contribution is 5.86. The van der Waals surface area contributed by atoms with Gasteiger partial charge in [0.15, 0.2) is 0 Å². The number of phenolic OH excluding ortho intramolecular Hbond substituents is 1. The number of nitrogens with zero attached hydrogens (tertiary/aromatic N) is 2. The fraction of sp³-hybridized carbons (Fsp3) is 0.269. The number of nitro groups is 1. The minimum absolute atomic E-state index is 0.00973. The lowest BCUT2D eigenvalue weighted by atomic mass is 9.70. The summed E-state index contributed by atoms with van der Waals surface area (Å²) in [5, 5.41) is 23.0. The third kappa shape index (κ3) is 4.50. The van der Waals surface area contributed by atoms with Crippen LogP contribution in [0, 0.1) is 10.1 Å². The van der Waals surface area contributed by atoms with Crippen LogP contribution in [-0.2, 0) is 5.41 Å². The van der Waals surface area contributed by atoms with E-state index in [1.54, 1.807) is 6.21 Å². The van der Waals surface area contributed by atoms with Gasteiger partial charge in [-0.3, -0.25) is 15.1 Å². The van der Waals surface area contributed by atoms with E-state index in [0.717, 1.165) is 24.0 Å². The van der Waals surface area contributed by atoms with E-state index >= 15 is 0 Å². The van der Waals surface area contributed by atoms with E-state index < -0.39 is 10.3 Å². The monoisotopic (exact) mass is 416 g/mol. The van der Waals surface area contributed by atoms with E-state index in [4.69, 9.17) is 0 Å². The highest BCUT2D eigenvalue weighted by Crippen LogP contribution is 2.45. The molecule has 0 aliphatic carbocycles. The van der Waals surface area contributed by atoms with Gasteiger partial charge >= 0.3 is 0 Å². The number of hydrogen-bond acceptors (Lipinski definition) is 4. The van der Waals surface area contributed by atoms with Crippen molar-refractivity contribution in [2.24, 2.45) is 4.99 Å². The molecule has 0 atom stereocenters. The van der Waals surface area contributed by atoms with Crippen LogP contribution >= 0.6 is 0 Å². The zero-order valence-corrected chi connectivity index (χ0v) is 18.2. The van der Waals surface area contributed by atoms with Gasteiger partial charge in [-0.25, -0.2) is 0 Å². The van der Waals surface area contributed by atoms with E-state index in [9.17, 15) is 15.2 Å². The summed E-state index contributed by atoms with van der Waals surface area (Å²) in [6.45, 7) is 6.08. The zero-order valence-electron chi connectivity index (χ0n) is 18.2. The molecule has 0 bridgehead atoms. The van der Waals surface area contributed by atoms with Crippen LogP contribution in [-0.4, -0.2) is 22.3 Å². The van der Waals surface area contributed by atoms with Crippen molar-refractivity contribution in [3.8, 4) is 5.75 Å². The number of nitro benzene ring substituents is 1. The Morgan fingerprint density at radius 1 is 1.00 bits per heavy atom. The van der Waals surface area contributed by atoms with Crippen LogP contribution in [0.3, 0.4) is 0 Å². The second kappa shape index (κ2) is 9.56. The van der Waals surface area contributed by atoms with E-state index in [1.165, 1.54) is 12.1 Å². The molecule has 1 N–H and O–H groups in total. The van der Waals surface area contributed by atoms with Gasteiger partial charge in [0.25, 0.3) is 5.69 Å². The van der Waals surface area contributed by atoms with Crippen molar-refractivity contribution in [2.75, 3.05) is 0 Å². The number of rotatable bonds is 8. The first-order chi connectivity index (χ1) is 14.9. The highest BCUT2D eigenvalue weighted by atomic mass is 16.6. The SMILES string of the molecule is CCC(CC)N=Cc1cc([N+](=O)[O-])cc(C(C)(c2ccccc2)c2ccccc2)c1O. The van der Waals surface area contributed by atoms with E-state index in [2.05, 4.69) is 4.99 Å². The summed E-state index contributed by atoms with van der Waals surface area (Å²) in [7, 11) is 0. The molecule has 0 spiro atoms. The van der Waals surface area contributed by atoms with Crippen LogP contribution in [0.4, 0.5) is 5.69 Å². The molecule has 3 aromatic rings. The first kappa shape index (κ1) is 22.2. The molecular formula is C26H28N2O3. The number of aromatic hydroxyl groups is 1. The zero-order chi connectivity index (χ0) is 22.4. The number of hydrogen-bond donors (Lipinski definition) is 1. The molecule has 0 aliphatic heterocycles. The predicted octanol–water partition coefficient (Wildman–Crippen LogP) is 6.26. The lowest BCUT2D eigenvalue weighted by Crippen LogP contribution is -2.26. The maximum atomic E-state index is 11.7. The second-order valence-electron chi connectivity index (χ2n) is 7.79. The van der Waals surface area contributed by atoms with Crippen LogP contribution in [0.1, 0.15) is 55.9 Å². The first-order valence-electron chi connectivity index (χ1n) is 10.6. The Bertz CT molecular complexity index is 1020. The van der Waals surface area contributed by atoms with Crippen LogP contribution in [0.25, 0.3) is 0 Å². The number of phenols is 1. The summed E-state index contributed by atoms with van der Waals surface area (Å²) in [4.78, 5) is 15.9. The average molecular weight is 417 g/mol. The molecule has 31 heavy (non-hydrogen) atoms. The van der Waals surface area contributed by atoms with Crippen molar-refractivity contribution in [1.29, 1.82) is 0 Å². The molecule has 3 aromatic carbocycles. The lowest BCUT2D eigenvalue weighted by Gasteiger charge is -2.32. The van der Waals surface area contributed by atoms with Gasteiger partial charge < -0.3 is 5.11 Å². The van der Waals surface area contributed by atoms with Crippen LogP contribution in [0.2, 0.25) is 0 Å². The Labute approximate surface area is 183 Å². The van der Waals surface area contributed by atoms with E-state index in [-0.39, 0.29) is 17.5 Å². The summed E-state index contributed by atoms with van der Waals surface area (Å²) in [5.41, 5.74) is 1.83. The van der Waals surface area contributed by atoms with E-state index in [1.807, 2.05) is 81.4 Å². The number of benzene rings is 3. The minimum Gasteiger partial charge on any atom is -0.507 e. The van der Waals surface area contributed by atoms with Crippen molar-refractivity contribution in [3.63, 3.8) is 0 Å². The van der Waals surface area contributed by atoms with Crippen molar-refractivity contribution in [2.45, 2.75) is 45.1 Å². The average Bonchev–Trinajstić information content (AvgIpc) is 2.81. The molecule has 0 aliphatic rings. The minimum atomic E-state index is -0.796. The summed E-state index contributed by atoms with van der Waals surface area (Å²) in [5.74, 6) is 0.00973. The molecular weight excluding hydrogens is 388 g/mol. The van der Waals surface area contributed by atoms with Crippen molar-refractivity contribution in [3.05, 3.63) is 105 Å². The van der Waals surface area contributed by atoms with Gasteiger partial charge in [0.1, 0.15) is 5.75 Å². The molecule has 5 nitrogen and oxygen atoms in total. The van der Waals surface area contributed by atoms with Crippen molar-refractivity contribution < 1.29 is 10.0 Å². The topological polar surface area (TPSA) is 75.7 Å². The van der Waals surface area contributed by atoms with Gasteiger partial charge in [-0.05, 0) is 30.9 Å².